The first-order chi connectivity index (χ1) is 9.56. The Kier molecular flexibility index (Phi) is 4.90. The number of hydrogen-bond donors (Lipinski definition) is 1. The molecule has 2 N–H and O–H groups in total. The Morgan fingerprint density at radius 1 is 1.70 bits per heavy atom. The van der Waals surface area contributed by atoms with Crippen molar-refractivity contribution >= 4 is 27.4 Å². The number of nitro groups is 1. The number of rotatable bonds is 4. The monoisotopic (exact) mass is 344 g/mol. The van der Waals surface area contributed by atoms with Crippen LogP contribution in [0.3, 0.4) is 0 Å². The van der Waals surface area contributed by atoms with Crippen molar-refractivity contribution in [3.63, 3.8) is 0 Å². The Morgan fingerprint density at radius 2 is 2.45 bits per heavy atom. The van der Waals surface area contributed by atoms with Crippen LogP contribution in [0.15, 0.2) is 16.7 Å². The highest BCUT2D eigenvalue weighted by molar-refractivity contribution is 9.10. The molecule has 0 spiro atoms. The van der Waals surface area contributed by atoms with E-state index in [1.807, 2.05) is 0 Å². The standard InChI is InChI=1S/C12H17BrN4O3/c1-20-10-2-3-16(8(4-10)6-14)12-11(13)5-9(7-15-12)17(18)19/h5,7-8,10H,2-4,6,14H2,1H3. The molecule has 20 heavy (non-hydrogen) atoms. The average molecular weight is 345 g/mol. The normalized spacial score (nSPS) is 22.9. The maximum atomic E-state index is 10.7. The summed E-state index contributed by atoms with van der Waals surface area (Å²) in [6.07, 6.45) is 3.20. The highest BCUT2D eigenvalue weighted by Gasteiger charge is 2.30. The topological polar surface area (TPSA) is 94.5 Å². The molecule has 2 rings (SSSR count). The fraction of sp³-hybridized carbons (Fsp3) is 0.583. The summed E-state index contributed by atoms with van der Waals surface area (Å²) in [6.45, 7) is 1.26. The first-order valence-electron chi connectivity index (χ1n) is 6.36. The van der Waals surface area contributed by atoms with Gasteiger partial charge in [-0.15, -0.1) is 0 Å². The molecule has 8 heteroatoms. The fourth-order valence-electron chi connectivity index (χ4n) is 2.46. The van der Waals surface area contributed by atoms with Crippen molar-refractivity contribution in [2.45, 2.75) is 25.0 Å². The second-order valence-electron chi connectivity index (χ2n) is 4.72. The molecule has 0 saturated carbocycles. The molecule has 2 atom stereocenters. The summed E-state index contributed by atoms with van der Waals surface area (Å²) in [5.74, 6) is 0.695. The molecule has 0 radical (unpaired) electrons. The van der Waals surface area contributed by atoms with E-state index in [0.717, 1.165) is 19.4 Å². The van der Waals surface area contributed by atoms with Crippen LogP contribution < -0.4 is 10.6 Å². The highest BCUT2D eigenvalue weighted by atomic mass is 79.9. The van der Waals surface area contributed by atoms with Crippen LogP contribution in [0.1, 0.15) is 12.8 Å². The van der Waals surface area contributed by atoms with Crippen LogP contribution in [0.25, 0.3) is 0 Å². The van der Waals surface area contributed by atoms with Gasteiger partial charge in [-0.3, -0.25) is 10.1 Å². The van der Waals surface area contributed by atoms with Crippen LogP contribution in [-0.4, -0.2) is 42.3 Å². The maximum Gasteiger partial charge on any atom is 0.288 e. The number of ether oxygens (including phenoxy) is 1. The first-order valence-corrected chi connectivity index (χ1v) is 7.15. The molecule has 1 aromatic rings. The second kappa shape index (κ2) is 6.47. The quantitative estimate of drug-likeness (QED) is 0.659. The first kappa shape index (κ1) is 15.1. The Balaban J connectivity index is 2.24. The minimum atomic E-state index is -0.459. The molecule has 1 aliphatic heterocycles. The number of nitrogens with zero attached hydrogens (tertiary/aromatic N) is 3. The molecule has 2 heterocycles. The summed E-state index contributed by atoms with van der Waals surface area (Å²) < 4.78 is 6.00. The smallest absolute Gasteiger partial charge is 0.288 e. The van der Waals surface area contributed by atoms with Crippen molar-refractivity contribution < 1.29 is 9.66 Å². The molecule has 110 valence electrons. The zero-order valence-electron chi connectivity index (χ0n) is 11.2. The van der Waals surface area contributed by atoms with E-state index in [1.54, 1.807) is 7.11 Å². The summed E-state index contributed by atoms with van der Waals surface area (Å²) in [4.78, 5) is 16.6. The van der Waals surface area contributed by atoms with Gasteiger partial charge in [-0.25, -0.2) is 4.98 Å². The van der Waals surface area contributed by atoms with E-state index in [1.165, 1.54) is 12.3 Å². The Morgan fingerprint density at radius 3 is 3.00 bits per heavy atom. The Hall–Kier alpha value is -1.25. The Bertz CT molecular complexity index is 500. The van der Waals surface area contributed by atoms with E-state index in [0.29, 0.717) is 16.8 Å². The minimum Gasteiger partial charge on any atom is -0.381 e. The third-order valence-electron chi connectivity index (χ3n) is 3.56. The van der Waals surface area contributed by atoms with Crippen LogP contribution in [0.4, 0.5) is 11.5 Å². The van der Waals surface area contributed by atoms with Gasteiger partial charge in [-0.1, -0.05) is 0 Å². The van der Waals surface area contributed by atoms with Gasteiger partial charge in [0.15, 0.2) is 0 Å². The Labute approximate surface area is 125 Å². The number of piperidine rings is 1. The van der Waals surface area contributed by atoms with E-state index in [2.05, 4.69) is 25.8 Å². The van der Waals surface area contributed by atoms with Crippen LogP contribution >= 0.6 is 15.9 Å². The van der Waals surface area contributed by atoms with Gasteiger partial charge < -0.3 is 15.4 Å². The molecule has 1 aliphatic rings. The van der Waals surface area contributed by atoms with E-state index in [4.69, 9.17) is 10.5 Å². The number of hydrogen-bond acceptors (Lipinski definition) is 6. The van der Waals surface area contributed by atoms with E-state index < -0.39 is 4.92 Å². The lowest BCUT2D eigenvalue weighted by Gasteiger charge is -2.39. The number of pyridine rings is 1. The molecular formula is C12H17BrN4O3. The van der Waals surface area contributed by atoms with Crippen molar-refractivity contribution in [1.82, 2.24) is 4.98 Å². The number of aromatic nitrogens is 1. The van der Waals surface area contributed by atoms with Gasteiger partial charge in [0.25, 0.3) is 5.69 Å². The van der Waals surface area contributed by atoms with Gasteiger partial charge in [0.05, 0.1) is 15.5 Å². The summed E-state index contributed by atoms with van der Waals surface area (Å²) in [6, 6.07) is 1.59. The molecule has 0 aliphatic carbocycles. The lowest BCUT2D eigenvalue weighted by molar-refractivity contribution is -0.385. The predicted molar refractivity (Wildman–Crippen MR) is 78.8 cm³/mol. The van der Waals surface area contributed by atoms with Crippen LogP contribution in [0.5, 0.6) is 0 Å². The van der Waals surface area contributed by atoms with Crippen LogP contribution in [0, 0.1) is 10.1 Å². The molecule has 0 amide bonds. The minimum absolute atomic E-state index is 0.0308. The zero-order chi connectivity index (χ0) is 14.7. The number of nitrogens with two attached hydrogens (primary N) is 1. The molecule has 7 nitrogen and oxygen atoms in total. The van der Waals surface area contributed by atoms with Gasteiger partial charge in [-0.2, -0.15) is 0 Å². The predicted octanol–water partition coefficient (Wildman–Crippen LogP) is 1.69. The third-order valence-corrected chi connectivity index (χ3v) is 4.15. The van der Waals surface area contributed by atoms with E-state index in [9.17, 15) is 10.1 Å². The summed E-state index contributed by atoms with van der Waals surface area (Å²) in [7, 11) is 1.70. The highest BCUT2D eigenvalue weighted by Crippen LogP contribution is 2.32. The van der Waals surface area contributed by atoms with Gasteiger partial charge in [0.2, 0.25) is 0 Å². The van der Waals surface area contributed by atoms with Gasteiger partial charge in [0, 0.05) is 32.3 Å². The molecule has 0 aromatic carbocycles. The summed E-state index contributed by atoms with van der Waals surface area (Å²) in [5, 5.41) is 10.7. The lowest BCUT2D eigenvalue weighted by Crippen LogP contribution is -2.49. The van der Waals surface area contributed by atoms with Crippen LogP contribution in [0.2, 0.25) is 0 Å². The number of anilines is 1. The average Bonchev–Trinajstić information content (AvgIpc) is 2.46. The van der Waals surface area contributed by atoms with Crippen molar-refractivity contribution in [2.75, 3.05) is 25.1 Å². The molecule has 0 bridgehead atoms. The molecule has 1 fully saturated rings. The van der Waals surface area contributed by atoms with E-state index in [-0.39, 0.29) is 17.8 Å². The van der Waals surface area contributed by atoms with Crippen molar-refractivity contribution in [1.29, 1.82) is 0 Å². The van der Waals surface area contributed by atoms with Gasteiger partial charge in [0.1, 0.15) is 12.0 Å². The molecule has 1 saturated heterocycles. The van der Waals surface area contributed by atoms with Crippen molar-refractivity contribution in [2.24, 2.45) is 5.73 Å². The second-order valence-corrected chi connectivity index (χ2v) is 5.58. The SMILES string of the molecule is COC1CCN(c2ncc([N+](=O)[O-])cc2Br)C(CN)C1. The largest absolute Gasteiger partial charge is 0.381 e. The zero-order valence-corrected chi connectivity index (χ0v) is 12.7. The van der Waals surface area contributed by atoms with Crippen LogP contribution in [-0.2, 0) is 4.74 Å². The molecule has 2 unspecified atom stereocenters. The third kappa shape index (κ3) is 3.08. The van der Waals surface area contributed by atoms with Gasteiger partial charge in [-0.05, 0) is 28.8 Å². The fourth-order valence-corrected chi connectivity index (χ4v) is 3.03. The van der Waals surface area contributed by atoms with Crippen molar-refractivity contribution in [3.8, 4) is 0 Å². The number of methoxy groups -OCH3 is 1. The summed E-state index contributed by atoms with van der Waals surface area (Å²) >= 11 is 3.36. The van der Waals surface area contributed by atoms with Gasteiger partial charge >= 0.3 is 0 Å². The van der Waals surface area contributed by atoms with E-state index >= 15 is 0 Å². The van der Waals surface area contributed by atoms with Crippen molar-refractivity contribution in [3.05, 3.63) is 26.9 Å². The molecule has 1 aromatic heterocycles. The summed E-state index contributed by atoms with van der Waals surface area (Å²) in [5.41, 5.74) is 5.80. The molecular weight excluding hydrogens is 328 g/mol. The number of halogens is 1. The lowest BCUT2D eigenvalue weighted by atomic mass is 9.99. The maximum absolute atomic E-state index is 10.7.